The van der Waals surface area contributed by atoms with Crippen LogP contribution in [0.2, 0.25) is 0 Å². The van der Waals surface area contributed by atoms with Gasteiger partial charge in [0, 0.05) is 12.1 Å². The number of amides is 1. The van der Waals surface area contributed by atoms with Crippen LogP contribution in [0.15, 0.2) is 41.3 Å². The number of phenolic OH excluding ortho intramolecular Hbond substituents is 1. The summed E-state index contributed by atoms with van der Waals surface area (Å²) in [5.41, 5.74) is 0.774. The number of esters is 2. The monoisotopic (exact) mass is 621 g/mol. The largest absolute Gasteiger partial charge is 0.507 e. The molecule has 2 rings (SSSR count). The summed E-state index contributed by atoms with van der Waals surface area (Å²) >= 11 is 0. The van der Waals surface area contributed by atoms with Crippen molar-refractivity contribution in [2.45, 2.75) is 58.8 Å². The molecule has 0 bridgehead atoms. The minimum Gasteiger partial charge on any atom is -0.507 e. The molecule has 236 valence electrons. The number of carbonyl (C=O) groups excluding carboxylic acids is 3. The number of ether oxygens (including phenoxy) is 4. The summed E-state index contributed by atoms with van der Waals surface area (Å²) in [6, 6.07) is 8.80. The van der Waals surface area contributed by atoms with Crippen molar-refractivity contribution < 1.29 is 46.9 Å². The third kappa shape index (κ3) is 10.9. The van der Waals surface area contributed by atoms with Crippen molar-refractivity contribution in [3.8, 4) is 11.5 Å². The zero-order valence-electron chi connectivity index (χ0n) is 25.1. The van der Waals surface area contributed by atoms with Crippen LogP contribution in [-0.4, -0.2) is 63.9 Å². The number of amidine groups is 1. The maximum atomic E-state index is 13.0. The topological polar surface area (TPSA) is 190 Å². The highest BCUT2D eigenvalue weighted by atomic mass is 32.2. The van der Waals surface area contributed by atoms with E-state index in [1.807, 2.05) is 19.9 Å². The molecular weight excluding hydrogens is 582 g/mol. The molecule has 0 atom stereocenters. The summed E-state index contributed by atoms with van der Waals surface area (Å²) in [6.45, 7) is 9.72. The van der Waals surface area contributed by atoms with E-state index in [1.165, 1.54) is 6.07 Å². The third-order valence-electron chi connectivity index (χ3n) is 5.85. The van der Waals surface area contributed by atoms with E-state index in [0.717, 1.165) is 17.7 Å². The maximum Gasteiger partial charge on any atom is 0.415 e. The second kappa shape index (κ2) is 15.3. The Labute approximate surface area is 251 Å². The van der Waals surface area contributed by atoms with E-state index in [2.05, 4.69) is 10.0 Å². The first kappa shape index (κ1) is 35.0. The SMILES string of the molecule is CCOC(=O)COc1cc(C(C)C)ccc1CCNS(=O)(=O)c1cc(C(=N)NC(=O)OCOC(=O)C(C)(C)C)ccc1O. The van der Waals surface area contributed by atoms with Gasteiger partial charge in [-0.15, -0.1) is 0 Å². The van der Waals surface area contributed by atoms with E-state index in [0.29, 0.717) is 11.3 Å². The number of rotatable bonds is 13. The van der Waals surface area contributed by atoms with Gasteiger partial charge in [0.05, 0.1) is 12.0 Å². The number of hydrogen-bond donors (Lipinski definition) is 4. The van der Waals surface area contributed by atoms with Gasteiger partial charge < -0.3 is 24.1 Å². The number of sulfonamides is 1. The Morgan fingerprint density at radius 2 is 1.72 bits per heavy atom. The fourth-order valence-corrected chi connectivity index (χ4v) is 4.61. The van der Waals surface area contributed by atoms with Crippen molar-refractivity contribution in [2.24, 2.45) is 5.41 Å². The Balaban J connectivity index is 2.07. The van der Waals surface area contributed by atoms with Crippen molar-refractivity contribution in [3.63, 3.8) is 0 Å². The fourth-order valence-electron chi connectivity index (χ4n) is 3.46. The Morgan fingerprint density at radius 1 is 1.02 bits per heavy atom. The summed E-state index contributed by atoms with van der Waals surface area (Å²) in [6.07, 6.45) is -0.911. The second-order valence-electron chi connectivity index (χ2n) is 10.7. The summed E-state index contributed by atoms with van der Waals surface area (Å²) in [5.74, 6) is -1.60. The summed E-state index contributed by atoms with van der Waals surface area (Å²) in [7, 11) is -4.26. The van der Waals surface area contributed by atoms with Crippen LogP contribution in [0.3, 0.4) is 0 Å². The van der Waals surface area contributed by atoms with Crippen molar-refractivity contribution in [1.82, 2.24) is 10.0 Å². The van der Waals surface area contributed by atoms with E-state index in [-0.39, 0.29) is 37.7 Å². The van der Waals surface area contributed by atoms with Gasteiger partial charge in [-0.25, -0.2) is 22.7 Å². The average Bonchev–Trinajstić information content (AvgIpc) is 2.91. The van der Waals surface area contributed by atoms with Gasteiger partial charge in [0.1, 0.15) is 22.2 Å². The second-order valence-corrected chi connectivity index (χ2v) is 12.4. The molecule has 0 heterocycles. The van der Waals surface area contributed by atoms with E-state index in [4.69, 9.17) is 24.4 Å². The molecule has 0 radical (unpaired) electrons. The Bertz CT molecular complexity index is 1430. The molecule has 14 heteroatoms. The molecule has 0 aliphatic heterocycles. The molecular formula is C29H39N3O10S. The van der Waals surface area contributed by atoms with Crippen LogP contribution in [0.5, 0.6) is 11.5 Å². The van der Waals surface area contributed by atoms with Gasteiger partial charge in [-0.2, -0.15) is 0 Å². The standard InChI is InChI=1S/C29H39N3O10S/c1-7-39-25(34)16-40-23-14-20(18(2)3)9-8-19(23)12-13-31-43(37,38)24-15-21(10-11-22(24)33)26(30)32-28(36)42-17-41-27(35)29(4,5)6/h8-11,14-15,18,31,33H,7,12-13,16-17H2,1-6H3,(H2,30,32,36). The van der Waals surface area contributed by atoms with E-state index in [9.17, 15) is 27.9 Å². The summed E-state index contributed by atoms with van der Waals surface area (Å²) in [5, 5.41) is 20.5. The molecule has 1 amide bonds. The maximum absolute atomic E-state index is 13.0. The predicted octanol–water partition coefficient (Wildman–Crippen LogP) is 3.58. The lowest BCUT2D eigenvalue weighted by molar-refractivity contribution is -0.161. The highest BCUT2D eigenvalue weighted by Gasteiger charge is 2.24. The number of nitrogens with one attached hydrogen (secondary N) is 3. The smallest absolute Gasteiger partial charge is 0.415 e. The first-order valence-corrected chi connectivity index (χ1v) is 15.0. The molecule has 0 aliphatic carbocycles. The van der Waals surface area contributed by atoms with Crippen LogP contribution in [0.25, 0.3) is 0 Å². The van der Waals surface area contributed by atoms with Crippen LogP contribution in [0.1, 0.15) is 64.2 Å². The molecule has 2 aromatic rings. The van der Waals surface area contributed by atoms with Gasteiger partial charge in [-0.05, 0) is 75.4 Å². The molecule has 0 aromatic heterocycles. The minimum atomic E-state index is -4.26. The van der Waals surface area contributed by atoms with Gasteiger partial charge in [0.15, 0.2) is 6.61 Å². The number of hydrogen-bond acceptors (Lipinski definition) is 11. The molecule has 13 nitrogen and oxygen atoms in total. The van der Waals surface area contributed by atoms with E-state index < -0.39 is 56.7 Å². The lowest BCUT2D eigenvalue weighted by Crippen LogP contribution is -2.33. The van der Waals surface area contributed by atoms with Gasteiger partial charge in [-0.1, -0.05) is 26.0 Å². The van der Waals surface area contributed by atoms with Crippen LogP contribution < -0.4 is 14.8 Å². The molecule has 0 saturated heterocycles. The number of alkyl carbamates (subject to hydrolysis) is 1. The van der Waals surface area contributed by atoms with Gasteiger partial charge >= 0.3 is 18.0 Å². The zero-order chi connectivity index (χ0) is 32.4. The van der Waals surface area contributed by atoms with Crippen LogP contribution in [0, 0.1) is 10.8 Å². The van der Waals surface area contributed by atoms with Crippen LogP contribution in [0.4, 0.5) is 4.79 Å². The molecule has 0 unspecified atom stereocenters. The predicted molar refractivity (Wildman–Crippen MR) is 157 cm³/mol. The van der Waals surface area contributed by atoms with E-state index in [1.54, 1.807) is 39.8 Å². The van der Waals surface area contributed by atoms with Crippen LogP contribution in [-0.2, 0) is 40.2 Å². The zero-order valence-corrected chi connectivity index (χ0v) is 25.9. The normalized spacial score (nSPS) is 11.5. The molecule has 2 aromatic carbocycles. The highest BCUT2D eigenvalue weighted by Crippen LogP contribution is 2.27. The third-order valence-corrected chi connectivity index (χ3v) is 7.34. The number of phenols is 1. The Morgan fingerprint density at radius 3 is 2.35 bits per heavy atom. The first-order chi connectivity index (χ1) is 20.0. The van der Waals surface area contributed by atoms with Crippen molar-refractivity contribution in [1.29, 1.82) is 5.41 Å². The van der Waals surface area contributed by atoms with Gasteiger partial charge in [0.2, 0.25) is 16.8 Å². The fraction of sp³-hybridized carbons (Fsp3) is 0.448. The lowest BCUT2D eigenvalue weighted by Gasteiger charge is -2.16. The first-order valence-electron chi connectivity index (χ1n) is 13.5. The Hall–Kier alpha value is -4.17. The molecule has 0 aliphatic rings. The lowest BCUT2D eigenvalue weighted by atomic mass is 9.98. The highest BCUT2D eigenvalue weighted by molar-refractivity contribution is 7.89. The molecule has 0 fully saturated rings. The number of aromatic hydroxyl groups is 1. The average molecular weight is 622 g/mol. The molecule has 4 N–H and O–H groups in total. The molecule has 0 saturated carbocycles. The van der Waals surface area contributed by atoms with Crippen LogP contribution >= 0.6 is 0 Å². The Kier molecular flexibility index (Phi) is 12.5. The number of carbonyl (C=O) groups is 3. The van der Waals surface area contributed by atoms with Crippen molar-refractivity contribution >= 4 is 33.9 Å². The summed E-state index contributed by atoms with van der Waals surface area (Å²) < 4.78 is 48.6. The summed E-state index contributed by atoms with van der Waals surface area (Å²) in [4.78, 5) is 35.0. The van der Waals surface area contributed by atoms with Crippen molar-refractivity contribution in [2.75, 3.05) is 26.6 Å². The van der Waals surface area contributed by atoms with Gasteiger partial charge in [-0.3, -0.25) is 15.5 Å². The van der Waals surface area contributed by atoms with E-state index >= 15 is 0 Å². The van der Waals surface area contributed by atoms with Crippen molar-refractivity contribution in [3.05, 3.63) is 53.1 Å². The molecule has 43 heavy (non-hydrogen) atoms. The molecule has 0 spiro atoms. The number of benzene rings is 2. The minimum absolute atomic E-state index is 0.0410. The quantitative estimate of drug-likeness (QED) is 0.111. The van der Waals surface area contributed by atoms with Gasteiger partial charge in [0.25, 0.3) is 0 Å².